The van der Waals surface area contributed by atoms with Crippen molar-refractivity contribution in [2.75, 3.05) is 5.75 Å². The fourth-order valence-electron chi connectivity index (χ4n) is 1.18. The zero-order valence-corrected chi connectivity index (χ0v) is 10.5. The van der Waals surface area contributed by atoms with E-state index < -0.39 is 15.8 Å². The van der Waals surface area contributed by atoms with Gasteiger partial charge in [-0.15, -0.1) is 0 Å². The Morgan fingerprint density at radius 3 is 2.18 bits per heavy atom. The summed E-state index contributed by atoms with van der Waals surface area (Å²) in [5.74, 6) is -1.14. The molecule has 92 valence electrons. The molecule has 0 atom stereocenters. The predicted octanol–water partition coefficient (Wildman–Crippen LogP) is 2.12. The third-order valence-electron chi connectivity index (χ3n) is 2.17. The van der Waals surface area contributed by atoms with Gasteiger partial charge >= 0.3 is 5.97 Å². The van der Waals surface area contributed by atoms with Crippen molar-refractivity contribution in [2.45, 2.75) is 18.7 Å². The third-order valence-corrected chi connectivity index (χ3v) is 3.77. The van der Waals surface area contributed by atoms with Crippen LogP contribution in [0.15, 0.2) is 40.8 Å². The fraction of sp³-hybridized carbons (Fsp3) is 0.250. The Balaban J connectivity index is 3.00. The molecular formula is C12H14O4S. The maximum Gasteiger partial charge on any atom is 0.335 e. The molecule has 0 radical (unpaired) electrons. The molecule has 0 fully saturated rings. The Bertz CT molecular complexity index is 534. The van der Waals surface area contributed by atoms with Crippen LogP contribution in [0.2, 0.25) is 0 Å². The van der Waals surface area contributed by atoms with E-state index in [-0.39, 0.29) is 16.2 Å². The Morgan fingerprint density at radius 2 is 1.76 bits per heavy atom. The number of aromatic carboxylic acids is 1. The van der Waals surface area contributed by atoms with E-state index in [4.69, 9.17) is 5.11 Å². The predicted molar refractivity (Wildman–Crippen MR) is 64.9 cm³/mol. The molecule has 1 aromatic carbocycles. The largest absolute Gasteiger partial charge is 0.478 e. The number of hydrogen-bond acceptors (Lipinski definition) is 3. The second kappa shape index (κ2) is 5.14. The van der Waals surface area contributed by atoms with Crippen molar-refractivity contribution in [1.29, 1.82) is 0 Å². The molecule has 4 nitrogen and oxygen atoms in total. The van der Waals surface area contributed by atoms with Gasteiger partial charge in [0, 0.05) is 0 Å². The molecule has 0 bridgehead atoms. The summed E-state index contributed by atoms with van der Waals surface area (Å²) in [4.78, 5) is 10.8. The van der Waals surface area contributed by atoms with Crippen LogP contribution in [0.5, 0.6) is 0 Å². The van der Waals surface area contributed by atoms with Crippen LogP contribution >= 0.6 is 0 Å². The van der Waals surface area contributed by atoms with Gasteiger partial charge < -0.3 is 5.11 Å². The molecule has 0 saturated heterocycles. The van der Waals surface area contributed by atoms with Crippen molar-refractivity contribution in [1.82, 2.24) is 0 Å². The lowest BCUT2D eigenvalue weighted by Gasteiger charge is -2.02. The van der Waals surface area contributed by atoms with Crippen LogP contribution in [0.3, 0.4) is 0 Å². The standard InChI is InChI=1S/C12H14O4S/c1-9(2)7-8-17(15,16)11-5-3-10(4-6-11)12(13)14/h3-7H,8H2,1-2H3,(H,13,14). The van der Waals surface area contributed by atoms with E-state index in [9.17, 15) is 13.2 Å². The highest BCUT2D eigenvalue weighted by Crippen LogP contribution is 2.13. The van der Waals surface area contributed by atoms with Crippen LogP contribution in [-0.4, -0.2) is 25.2 Å². The number of allylic oxidation sites excluding steroid dienone is 1. The van der Waals surface area contributed by atoms with E-state index in [1.165, 1.54) is 24.3 Å². The summed E-state index contributed by atoms with van der Waals surface area (Å²) in [5, 5.41) is 8.70. The number of carboxylic acid groups (broad SMARTS) is 1. The highest BCUT2D eigenvalue weighted by atomic mass is 32.2. The second-order valence-electron chi connectivity index (χ2n) is 3.89. The van der Waals surface area contributed by atoms with Gasteiger partial charge in [-0.1, -0.05) is 11.6 Å². The first-order chi connectivity index (χ1) is 7.83. The average molecular weight is 254 g/mol. The molecule has 1 aromatic rings. The average Bonchev–Trinajstić information content (AvgIpc) is 2.27. The lowest BCUT2D eigenvalue weighted by atomic mass is 10.2. The number of rotatable bonds is 4. The number of benzene rings is 1. The van der Waals surface area contributed by atoms with E-state index in [2.05, 4.69) is 0 Å². The molecule has 0 aliphatic rings. The van der Waals surface area contributed by atoms with E-state index in [1.807, 2.05) is 13.8 Å². The van der Waals surface area contributed by atoms with Gasteiger partial charge in [0.25, 0.3) is 0 Å². The van der Waals surface area contributed by atoms with E-state index in [1.54, 1.807) is 6.08 Å². The van der Waals surface area contributed by atoms with Crippen LogP contribution in [0.4, 0.5) is 0 Å². The number of sulfone groups is 1. The van der Waals surface area contributed by atoms with Crippen molar-refractivity contribution < 1.29 is 18.3 Å². The molecule has 0 aliphatic heterocycles. The zero-order chi connectivity index (χ0) is 13.1. The summed E-state index contributed by atoms with van der Waals surface area (Å²) in [6.07, 6.45) is 1.63. The van der Waals surface area contributed by atoms with Gasteiger partial charge in [0.15, 0.2) is 9.84 Å². The van der Waals surface area contributed by atoms with Crippen molar-refractivity contribution in [3.8, 4) is 0 Å². The van der Waals surface area contributed by atoms with Gasteiger partial charge in [0.1, 0.15) is 0 Å². The summed E-state index contributed by atoms with van der Waals surface area (Å²) >= 11 is 0. The summed E-state index contributed by atoms with van der Waals surface area (Å²) in [5.41, 5.74) is 1.00. The monoisotopic (exact) mass is 254 g/mol. The normalized spacial score (nSPS) is 10.9. The van der Waals surface area contributed by atoms with Crippen LogP contribution in [0, 0.1) is 0 Å². The van der Waals surface area contributed by atoms with Gasteiger partial charge in [0.2, 0.25) is 0 Å². The molecule has 5 heteroatoms. The van der Waals surface area contributed by atoms with Crippen LogP contribution in [0.1, 0.15) is 24.2 Å². The van der Waals surface area contributed by atoms with E-state index in [0.29, 0.717) is 0 Å². The molecule has 17 heavy (non-hydrogen) atoms. The van der Waals surface area contributed by atoms with Crippen LogP contribution < -0.4 is 0 Å². The summed E-state index contributed by atoms with van der Waals surface area (Å²) in [6, 6.07) is 5.21. The van der Waals surface area contributed by atoms with Crippen molar-refractivity contribution >= 4 is 15.8 Å². The molecule has 0 aliphatic carbocycles. The minimum atomic E-state index is -3.37. The van der Waals surface area contributed by atoms with Crippen molar-refractivity contribution in [2.24, 2.45) is 0 Å². The highest BCUT2D eigenvalue weighted by molar-refractivity contribution is 7.91. The Kier molecular flexibility index (Phi) is 4.07. The van der Waals surface area contributed by atoms with Gasteiger partial charge in [-0.2, -0.15) is 0 Å². The van der Waals surface area contributed by atoms with Gasteiger partial charge in [-0.25, -0.2) is 13.2 Å². The molecule has 0 aromatic heterocycles. The van der Waals surface area contributed by atoms with Gasteiger partial charge in [-0.3, -0.25) is 0 Å². The summed E-state index contributed by atoms with van der Waals surface area (Å²) < 4.78 is 23.7. The molecule has 0 heterocycles. The van der Waals surface area contributed by atoms with Crippen LogP contribution in [0.25, 0.3) is 0 Å². The summed E-state index contributed by atoms with van der Waals surface area (Å²) in [7, 11) is -3.37. The lowest BCUT2D eigenvalue weighted by molar-refractivity contribution is 0.0697. The van der Waals surface area contributed by atoms with E-state index >= 15 is 0 Å². The first kappa shape index (κ1) is 13.4. The van der Waals surface area contributed by atoms with Gasteiger partial charge in [-0.05, 0) is 38.1 Å². The maximum atomic E-state index is 11.8. The third kappa shape index (κ3) is 3.71. The number of hydrogen-bond donors (Lipinski definition) is 1. The van der Waals surface area contributed by atoms with Crippen molar-refractivity contribution in [3.63, 3.8) is 0 Å². The molecule has 0 amide bonds. The molecule has 0 spiro atoms. The topological polar surface area (TPSA) is 71.4 Å². The fourth-order valence-corrected chi connectivity index (χ4v) is 2.47. The second-order valence-corrected chi connectivity index (χ2v) is 5.93. The first-order valence-corrected chi connectivity index (χ1v) is 6.67. The molecular weight excluding hydrogens is 240 g/mol. The lowest BCUT2D eigenvalue weighted by Crippen LogP contribution is -2.06. The summed E-state index contributed by atoms with van der Waals surface area (Å²) in [6.45, 7) is 3.64. The quantitative estimate of drug-likeness (QED) is 0.835. The first-order valence-electron chi connectivity index (χ1n) is 5.02. The number of carboxylic acids is 1. The molecule has 1 rings (SSSR count). The number of carbonyl (C=O) groups is 1. The molecule has 0 saturated carbocycles. The highest BCUT2D eigenvalue weighted by Gasteiger charge is 2.13. The molecule has 1 N–H and O–H groups in total. The SMILES string of the molecule is CC(C)=CCS(=O)(=O)c1ccc(C(=O)O)cc1. The van der Waals surface area contributed by atoms with Crippen molar-refractivity contribution in [3.05, 3.63) is 41.5 Å². The Labute approximate surface area is 101 Å². The minimum absolute atomic E-state index is 0.0677. The maximum absolute atomic E-state index is 11.8. The Morgan fingerprint density at radius 1 is 1.24 bits per heavy atom. The van der Waals surface area contributed by atoms with E-state index in [0.717, 1.165) is 5.57 Å². The molecule has 0 unspecified atom stereocenters. The Hall–Kier alpha value is -1.62. The van der Waals surface area contributed by atoms with Crippen LogP contribution in [-0.2, 0) is 9.84 Å². The smallest absolute Gasteiger partial charge is 0.335 e. The van der Waals surface area contributed by atoms with Gasteiger partial charge in [0.05, 0.1) is 16.2 Å². The zero-order valence-electron chi connectivity index (χ0n) is 9.67. The minimum Gasteiger partial charge on any atom is -0.478 e.